The van der Waals surface area contributed by atoms with Gasteiger partial charge in [0, 0.05) is 6.04 Å². The highest BCUT2D eigenvalue weighted by Crippen LogP contribution is 2.21. The summed E-state index contributed by atoms with van der Waals surface area (Å²) in [4.78, 5) is 13.3. The first-order valence-electron chi connectivity index (χ1n) is 7.27. The molecule has 0 amide bonds. The van der Waals surface area contributed by atoms with Crippen LogP contribution in [-0.4, -0.2) is 35.1 Å². The van der Waals surface area contributed by atoms with Gasteiger partial charge in [-0.2, -0.15) is 0 Å². The summed E-state index contributed by atoms with van der Waals surface area (Å²) in [6.07, 6.45) is 3.30. The van der Waals surface area contributed by atoms with Gasteiger partial charge in [0.05, 0.1) is 5.92 Å². The third-order valence-electron chi connectivity index (χ3n) is 4.24. The lowest BCUT2D eigenvalue weighted by Gasteiger charge is -2.34. The van der Waals surface area contributed by atoms with Crippen molar-refractivity contribution in [2.24, 2.45) is 5.92 Å². The summed E-state index contributed by atoms with van der Waals surface area (Å²) < 4.78 is 13.1. The number of carbonyl (C=O) groups is 1. The largest absolute Gasteiger partial charge is 0.481 e. The molecule has 2 rings (SSSR count). The number of likely N-dealkylation sites (tertiary alicyclic amines) is 1. The zero-order valence-corrected chi connectivity index (χ0v) is 11.9. The maximum absolute atomic E-state index is 13.1. The summed E-state index contributed by atoms with van der Waals surface area (Å²) in [7, 11) is 0. The molecular formula is C16H22FNO2. The van der Waals surface area contributed by atoms with Crippen molar-refractivity contribution in [2.45, 2.75) is 38.6 Å². The Labute approximate surface area is 119 Å². The molecule has 4 heteroatoms. The molecular weight excluding hydrogens is 257 g/mol. The highest BCUT2D eigenvalue weighted by atomic mass is 19.1. The number of aliphatic carboxylic acids is 1. The van der Waals surface area contributed by atoms with Gasteiger partial charge in [-0.1, -0.05) is 12.1 Å². The van der Waals surface area contributed by atoms with Crippen molar-refractivity contribution in [3.8, 4) is 0 Å². The van der Waals surface area contributed by atoms with Crippen LogP contribution in [-0.2, 0) is 11.2 Å². The van der Waals surface area contributed by atoms with E-state index < -0.39 is 5.97 Å². The van der Waals surface area contributed by atoms with E-state index >= 15 is 0 Å². The maximum Gasteiger partial charge on any atom is 0.306 e. The van der Waals surface area contributed by atoms with Gasteiger partial charge in [0.25, 0.3) is 0 Å². The van der Waals surface area contributed by atoms with Crippen molar-refractivity contribution < 1.29 is 14.3 Å². The van der Waals surface area contributed by atoms with Crippen LogP contribution in [0.1, 0.15) is 31.7 Å². The lowest BCUT2D eigenvalue weighted by molar-refractivity contribution is -0.143. The highest BCUT2D eigenvalue weighted by molar-refractivity contribution is 5.70. The van der Waals surface area contributed by atoms with Gasteiger partial charge in [0.2, 0.25) is 0 Å². The van der Waals surface area contributed by atoms with Gasteiger partial charge in [-0.3, -0.25) is 4.79 Å². The summed E-state index contributed by atoms with van der Waals surface area (Å²) in [6.45, 7) is 3.86. The van der Waals surface area contributed by atoms with Crippen LogP contribution in [0, 0.1) is 11.7 Å². The smallest absolute Gasteiger partial charge is 0.306 e. The number of halogens is 1. The zero-order chi connectivity index (χ0) is 14.5. The fourth-order valence-corrected chi connectivity index (χ4v) is 2.84. The second kappa shape index (κ2) is 6.84. The summed E-state index contributed by atoms with van der Waals surface area (Å²) in [6, 6.07) is 7.15. The first kappa shape index (κ1) is 15.0. The van der Waals surface area contributed by atoms with Gasteiger partial charge in [-0.25, -0.2) is 4.39 Å². The first-order valence-corrected chi connectivity index (χ1v) is 7.27. The molecule has 3 nitrogen and oxygen atoms in total. The molecule has 20 heavy (non-hydrogen) atoms. The molecule has 0 radical (unpaired) electrons. The predicted molar refractivity (Wildman–Crippen MR) is 76.1 cm³/mol. The van der Waals surface area contributed by atoms with Crippen LogP contribution in [0.2, 0.25) is 0 Å². The molecule has 1 aliphatic rings. The quantitative estimate of drug-likeness (QED) is 0.901. The van der Waals surface area contributed by atoms with Crippen molar-refractivity contribution in [1.29, 1.82) is 0 Å². The van der Waals surface area contributed by atoms with E-state index in [1.54, 1.807) is 12.1 Å². The number of benzene rings is 1. The Balaban J connectivity index is 1.78. The summed E-state index contributed by atoms with van der Waals surface area (Å²) in [5.41, 5.74) is 1.03. The Bertz CT molecular complexity index is 456. The molecule has 1 aromatic rings. The van der Waals surface area contributed by atoms with Gasteiger partial charge >= 0.3 is 5.97 Å². The third kappa shape index (κ3) is 4.04. The van der Waals surface area contributed by atoms with E-state index in [1.807, 2.05) is 6.07 Å². The molecule has 1 fully saturated rings. The minimum Gasteiger partial charge on any atom is -0.481 e. The average Bonchev–Trinajstić information content (AvgIpc) is 2.45. The minimum atomic E-state index is -0.669. The number of aryl methyl sites for hydroxylation is 1. The van der Waals surface area contributed by atoms with E-state index in [9.17, 15) is 9.18 Å². The fourth-order valence-electron chi connectivity index (χ4n) is 2.84. The Kier molecular flexibility index (Phi) is 5.12. The molecule has 1 aromatic carbocycles. The van der Waals surface area contributed by atoms with Gasteiger partial charge in [0.1, 0.15) is 5.82 Å². The molecule has 1 saturated heterocycles. The highest BCUT2D eigenvalue weighted by Gasteiger charge is 2.26. The summed E-state index contributed by atoms with van der Waals surface area (Å²) in [5.74, 6) is -1.03. The van der Waals surface area contributed by atoms with Crippen LogP contribution >= 0.6 is 0 Å². The van der Waals surface area contributed by atoms with E-state index in [1.165, 1.54) is 6.07 Å². The lowest BCUT2D eigenvalue weighted by atomic mass is 9.95. The van der Waals surface area contributed by atoms with Crippen molar-refractivity contribution >= 4 is 5.97 Å². The van der Waals surface area contributed by atoms with Gasteiger partial charge in [-0.15, -0.1) is 0 Å². The van der Waals surface area contributed by atoms with Crippen molar-refractivity contribution in [2.75, 3.05) is 13.1 Å². The number of rotatable bonds is 5. The Morgan fingerprint density at radius 3 is 2.75 bits per heavy atom. The van der Waals surface area contributed by atoms with Crippen LogP contribution in [0.3, 0.4) is 0 Å². The number of hydrogen-bond acceptors (Lipinski definition) is 2. The molecule has 0 saturated carbocycles. The van der Waals surface area contributed by atoms with Crippen LogP contribution in [0.15, 0.2) is 24.3 Å². The third-order valence-corrected chi connectivity index (χ3v) is 4.24. The van der Waals surface area contributed by atoms with E-state index in [-0.39, 0.29) is 11.7 Å². The zero-order valence-electron chi connectivity index (χ0n) is 11.9. The number of carboxylic acid groups (broad SMARTS) is 1. The standard InChI is InChI=1S/C16H22FNO2/c1-12(5-6-13-3-2-4-15(17)11-13)18-9-7-14(8-10-18)16(19)20/h2-4,11-12,14H,5-10H2,1H3,(H,19,20). The first-order chi connectivity index (χ1) is 9.56. The normalized spacial score (nSPS) is 18.9. The van der Waals surface area contributed by atoms with E-state index in [0.717, 1.165) is 44.3 Å². The van der Waals surface area contributed by atoms with E-state index in [2.05, 4.69) is 11.8 Å². The Morgan fingerprint density at radius 1 is 1.45 bits per heavy atom. The van der Waals surface area contributed by atoms with Crippen LogP contribution in [0.25, 0.3) is 0 Å². The van der Waals surface area contributed by atoms with Crippen molar-refractivity contribution in [1.82, 2.24) is 4.90 Å². The van der Waals surface area contributed by atoms with Crippen LogP contribution < -0.4 is 0 Å². The number of nitrogens with zero attached hydrogens (tertiary/aromatic N) is 1. The van der Waals surface area contributed by atoms with Gasteiger partial charge < -0.3 is 10.0 Å². The topological polar surface area (TPSA) is 40.5 Å². The Hall–Kier alpha value is -1.42. The van der Waals surface area contributed by atoms with Crippen LogP contribution in [0.4, 0.5) is 4.39 Å². The predicted octanol–water partition coefficient (Wildman–Crippen LogP) is 2.94. The van der Waals surface area contributed by atoms with Crippen molar-refractivity contribution in [3.05, 3.63) is 35.6 Å². The fraction of sp³-hybridized carbons (Fsp3) is 0.562. The molecule has 110 valence electrons. The Morgan fingerprint density at radius 2 is 2.15 bits per heavy atom. The number of carboxylic acids is 1. The maximum atomic E-state index is 13.1. The molecule has 0 spiro atoms. The van der Waals surface area contributed by atoms with Gasteiger partial charge in [0.15, 0.2) is 0 Å². The van der Waals surface area contributed by atoms with E-state index in [0.29, 0.717) is 6.04 Å². The SMILES string of the molecule is CC(CCc1cccc(F)c1)N1CCC(C(=O)O)CC1. The molecule has 1 N–H and O–H groups in total. The monoisotopic (exact) mass is 279 g/mol. The molecule has 0 aromatic heterocycles. The lowest BCUT2D eigenvalue weighted by Crippen LogP contribution is -2.41. The van der Waals surface area contributed by atoms with Crippen molar-refractivity contribution in [3.63, 3.8) is 0 Å². The summed E-state index contributed by atoms with van der Waals surface area (Å²) in [5, 5.41) is 8.99. The van der Waals surface area contributed by atoms with E-state index in [4.69, 9.17) is 5.11 Å². The number of piperidine rings is 1. The summed E-state index contributed by atoms with van der Waals surface area (Å²) >= 11 is 0. The molecule has 1 unspecified atom stereocenters. The average molecular weight is 279 g/mol. The second-order valence-corrected chi connectivity index (χ2v) is 5.67. The van der Waals surface area contributed by atoms with Gasteiger partial charge in [-0.05, 0) is 63.4 Å². The molecule has 0 aliphatic carbocycles. The molecule has 1 aliphatic heterocycles. The number of hydrogen-bond donors (Lipinski definition) is 1. The minimum absolute atomic E-state index is 0.179. The van der Waals surface area contributed by atoms with Crippen LogP contribution in [0.5, 0.6) is 0 Å². The molecule has 1 heterocycles. The molecule has 0 bridgehead atoms. The molecule has 1 atom stereocenters. The second-order valence-electron chi connectivity index (χ2n) is 5.67.